The van der Waals surface area contributed by atoms with Crippen LogP contribution in [0.1, 0.15) is 30.1 Å². The van der Waals surface area contributed by atoms with Gasteiger partial charge >= 0.3 is 4.87 Å². The highest BCUT2D eigenvalue weighted by molar-refractivity contribution is 7.07. The normalized spacial score (nSPS) is 12.5. The summed E-state index contributed by atoms with van der Waals surface area (Å²) in [5.41, 5.74) is 2.23. The van der Waals surface area contributed by atoms with E-state index in [1.807, 2.05) is 30.5 Å². The van der Waals surface area contributed by atoms with Gasteiger partial charge in [-0.2, -0.15) is 0 Å². The van der Waals surface area contributed by atoms with Crippen LogP contribution in [-0.4, -0.2) is 22.8 Å². The van der Waals surface area contributed by atoms with E-state index in [1.54, 1.807) is 4.57 Å². The number of aliphatic hydroxyl groups is 1. The van der Waals surface area contributed by atoms with Gasteiger partial charge in [-0.3, -0.25) is 4.79 Å². The third-order valence-electron chi connectivity index (χ3n) is 3.56. The monoisotopic (exact) mass is 306 g/mol. The lowest BCUT2D eigenvalue weighted by Crippen LogP contribution is -2.28. The molecule has 1 heterocycles. The van der Waals surface area contributed by atoms with E-state index in [2.05, 4.69) is 17.4 Å². The zero-order valence-corrected chi connectivity index (χ0v) is 13.1. The lowest BCUT2D eigenvalue weighted by Gasteiger charge is -2.19. The van der Waals surface area contributed by atoms with E-state index in [9.17, 15) is 4.79 Å². The summed E-state index contributed by atoms with van der Waals surface area (Å²) in [6.45, 7) is 3.57. The zero-order valence-electron chi connectivity index (χ0n) is 12.3. The molecule has 1 aromatic heterocycles. The molecule has 0 aliphatic rings. The molecule has 0 saturated carbocycles. The standard InChI is InChI=1S/C16H22N2O2S/c1-13-12-21-16(20)18(13)10-9-17-15(8-5-11-19)14-6-3-2-4-7-14/h2-4,6-7,12,15,17,19H,5,8-11H2,1H3. The number of nitrogens with one attached hydrogen (secondary N) is 1. The van der Waals surface area contributed by atoms with Crippen molar-refractivity contribution in [2.75, 3.05) is 13.2 Å². The zero-order chi connectivity index (χ0) is 15.1. The van der Waals surface area contributed by atoms with Crippen LogP contribution in [0.15, 0.2) is 40.5 Å². The molecule has 0 spiro atoms. The Bertz CT molecular complexity index is 592. The van der Waals surface area contributed by atoms with Crippen LogP contribution in [0.2, 0.25) is 0 Å². The Morgan fingerprint density at radius 2 is 2.10 bits per heavy atom. The third-order valence-corrected chi connectivity index (χ3v) is 4.44. The second kappa shape index (κ2) is 8.12. The fourth-order valence-electron chi connectivity index (χ4n) is 2.39. The van der Waals surface area contributed by atoms with Crippen molar-refractivity contribution in [3.05, 3.63) is 56.6 Å². The highest BCUT2D eigenvalue weighted by atomic mass is 32.1. The number of nitrogens with zero attached hydrogens (tertiary/aromatic N) is 1. The number of thiazole rings is 1. The first-order chi connectivity index (χ1) is 10.2. The number of aryl methyl sites for hydroxylation is 1. The molecule has 0 radical (unpaired) electrons. The molecular formula is C16H22N2O2S. The average Bonchev–Trinajstić information content (AvgIpc) is 2.83. The molecule has 0 saturated heterocycles. The number of hydrogen-bond acceptors (Lipinski definition) is 4. The predicted molar refractivity (Wildman–Crippen MR) is 86.8 cm³/mol. The van der Waals surface area contributed by atoms with Crippen LogP contribution in [0.5, 0.6) is 0 Å². The Morgan fingerprint density at radius 1 is 1.33 bits per heavy atom. The topological polar surface area (TPSA) is 54.3 Å². The number of aromatic nitrogens is 1. The van der Waals surface area contributed by atoms with Crippen molar-refractivity contribution in [1.82, 2.24) is 9.88 Å². The van der Waals surface area contributed by atoms with Gasteiger partial charge in [0, 0.05) is 36.8 Å². The van der Waals surface area contributed by atoms with Crippen LogP contribution in [0.4, 0.5) is 0 Å². The van der Waals surface area contributed by atoms with Gasteiger partial charge in [-0.15, -0.1) is 0 Å². The molecule has 2 aromatic rings. The van der Waals surface area contributed by atoms with Crippen molar-refractivity contribution >= 4 is 11.3 Å². The summed E-state index contributed by atoms with van der Waals surface area (Å²) in [4.78, 5) is 11.8. The number of hydrogen-bond donors (Lipinski definition) is 2. The molecule has 0 bridgehead atoms. The number of aliphatic hydroxyl groups excluding tert-OH is 1. The van der Waals surface area contributed by atoms with E-state index < -0.39 is 0 Å². The van der Waals surface area contributed by atoms with Gasteiger partial charge < -0.3 is 15.0 Å². The van der Waals surface area contributed by atoms with Crippen LogP contribution in [0, 0.1) is 6.92 Å². The van der Waals surface area contributed by atoms with Gasteiger partial charge in [-0.25, -0.2) is 0 Å². The SMILES string of the molecule is Cc1csc(=O)n1CCNC(CCCO)c1ccccc1. The number of rotatable bonds is 8. The molecule has 0 aliphatic heterocycles. The predicted octanol–water partition coefficient (Wildman–Crippen LogP) is 2.32. The molecule has 4 nitrogen and oxygen atoms in total. The molecular weight excluding hydrogens is 284 g/mol. The van der Waals surface area contributed by atoms with Crippen molar-refractivity contribution < 1.29 is 5.11 Å². The summed E-state index contributed by atoms with van der Waals surface area (Å²) >= 11 is 1.25. The minimum Gasteiger partial charge on any atom is -0.396 e. The second-order valence-electron chi connectivity index (χ2n) is 5.08. The highest BCUT2D eigenvalue weighted by Crippen LogP contribution is 2.17. The molecule has 1 atom stereocenters. The van der Waals surface area contributed by atoms with Crippen molar-refractivity contribution in [2.45, 2.75) is 32.4 Å². The molecule has 0 fully saturated rings. The van der Waals surface area contributed by atoms with Crippen LogP contribution in [-0.2, 0) is 6.54 Å². The van der Waals surface area contributed by atoms with E-state index in [0.717, 1.165) is 25.1 Å². The summed E-state index contributed by atoms with van der Waals surface area (Å²) < 4.78 is 1.80. The van der Waals surface area contributed by atoms with Gasteiger partial charge in [0.25, 0.3) is 0 Å². The van der Waals surface area contributed by atoms with Gasteiger partial charge in [0.15, 0.2) is 0 Å². The minimum absolute atomic E-state index is 0.0981. The molecule has 0 amide bonds. The Labute approximate surface area is 129 Å². The van der Waals surface area contributed by atoms with Gasteiger partial charge in [-0.1, -0.05) is 41.7 Å². The molecule has 1 unspecified atom stereocenters. The molecule has 21 heavy (non-hydrogen) atoms. The minimum atomic E-state index is 0.0981. The van der Waals surface area contributed by atoms with Crippen molar-refractivity contribution in [3.63, 3.8) is 0 Å². The maximum atomic E-state index is 11.7. The first-order valence-corrected chi connectivity index (χ1v) is 8.14. The largest absolute Gasteiger partial charge is 0.396 e. The van der Waals surface area contributed by atoms with E-state index in [-0.39, 0.29) is 17.5 Å². The fraction of sp³-hybridized carbons (Fsp3) is 0.438. The highest BCUT2D eigenvalue weighted by Gasteiger charge is 2.10. The van der Waals surface area contributed by atoms with E-state index >= 15 is 0 Å². The smallest absolute Gasteiger partial charge is 0.307 e. The molecule has 2 N–H and O–H groups in total. The number of benzene rings is 1. The lowest BCUT2D eigenvalue weighted by molar-refractivity contribution is 0.274. The second-order valence-corrected chi connectivity index (χ2v) is 5.90. The summed E-state index contributed by atoms with van der Waals surface area (Å²) in [7, 11) is 0. The summed E-state index contributed by atoms with van der Waals surface area (Å²) in [6.07, 6.45) is 1.65. The van der Waals surface area contributed by atoms with E-state index in [1.165, 1.54) is 16.9 Å². The Morgan fingerprint density at radius 3 is 2.71 bits per heavy atom. The summed E-state index contributed by atoms with van der Waals surface area (Å²) in [5.74, 6) is 0. The Balaban J connectivity index is 1.95. The Kier molecular flexibility index (Phi) is 6.17. The fourth-order valence-corrected chi connectivity index (χ4v) is 3.15. The van der Waals surface area contributed by atoms with E-state index in [0.29, 0.717) is 6.54 Å². The molecule has 114 valence electrons. The van der Waals surface area contributed by atoms with Gasteiger partial charge in [-0.05, 0) is 25.3 Å². The lowest BCUT2D eigenvalue weighted by atomic mass is 10.0. The molecule has 1 aromatic carbocycles. The first-order valence-electron chi connectivity index (χ1n) is 7.26. The van der Waals surface area contributed by atoms with Crippen molar-refractivity contribution in [3.8, 4) is 0 Å². The third kappa shape index (κ3) is 4.52. The maximum absolute atomic E-state index is 11.7. The quantitative estimate of drug-likeness (QED) is 0.787. The van der Waals surface area contributed by atoms with Gasteiger partial charge in [0.1, 0.15) is 0 Å². The average molecular weight is 306 g/mol. The molecule has 5 heteroatoms. The molecule has 2 rings (SSSR count). The van der Waals surface area contributed by atoms with Crippen LogP contribution >= 0.6 is 11.3 Å². The summed E-state index contributed by atoms with van der Waals surface area (Å²) in [6, 6.07) is 10.5. The van der Waals surface area contributed by atoms with E-state index in [4.69, 9.17) is 5.11 Å². The van der Waals surface area contributed by atoms with Crippen molar-refractivity contribution in [1.29, 1.82) is 0 Å². The van der Waals surface area contributed by atoms with Crippen LogP contribution < -0.4 is 10.2 Å². The molecule has 0 aliphatic carbocycles. The Hall–Kier alpha value is -1.43. The maximum Gasteiger partial charge on any atom is 0.307 e. The summed E-state index contributed by atoms with van der Waals surface area (Å²) in [5, 5.41) is 14.4. The first kappa shape index (κ1) is 15.9. The van der Waals surface area contributed by atoms with Gasteiger partial charge in [0.2, 0.25) is 0 Å². The van der Waals surface area contributed by atoms with Crippen LogP contribution in [0.25, 0.3) is 0 Å². The van der Waals surface area contributed by atoms with Crippen molar-refractivity contribution in [2.24, 2.45) is 0 Å². The van der Waals surface area contributed by atoms with Gasteiger partial charge in [0.05, 0.1) is 0 Å². The van der Waals surface area contributed by atoms with Crippen LogP contribution in [0.3, 0.4) is 0 Å².